The lowest BCUT2D eigenvalue weighted by Gasteiger charge is -2.11. The average Bonchev–Trinajstić information content (AvgIpc) is 2.32. The lowest BCUT2D eigenvalue weighted by atomic mass is 9.93. The molecule has 0 amide bonds. The van der Waals surface area contributed by atoms with Crippen molar-refractivity contribution >= 4 is 5.78 Å². The Morgan fingerprint density at radius 1 is 1.05 bits per heavy atom. The van der Waals surface area contributed by atoms with E-state index in [0.29, 0.717) is 17.6 Å². The molecule has 1 aromatic rings. The van der Waals surface area contributed by atoms with Gasteiger partial charge >= 0.3 is 0 Å². The highest BCUT2D eigenvalue weighted by molar-refractivity contribution is 6.08. The number of Topliss-reactive ketones (excluding diaryl/α,β-unsaturated/α-hetero) is 1. The first-order valence-electron chi connectivity index (χ1n) is 6.79. The number of carbonyl (C=O) groups excluding carboxylic acids is 1. The molecule has 2 rings (SSSR count). The zero-order valence-corrected chi connectivity index (χ0v) is 11.1. The van der Waals surface area contributed by atoms with Gasteiger partial charge in [0.05, 0.1) is 5.56 Å². The van der Waals surface area contributed by atoms with Crippen molar-refractivity contribution < 1.29 is 13.6 Å². The van der Waals surface area contributed by atoms with E-state index in [1.165, 1.54) is 19.4 Å². The van der Waals surface area contributed by atoms with E-state index in [-0.39, 0.29) is 11.3 Å². The van der Waals surface area contributed by atoms with Gasteiger partial charge in [0.1, 0.15) is 11.6 Å². The van der Waals surface area contributed by atoms with Gasteiger partial charge in [0.15, 0.2) is 5.78 Å². The van der Waals surface area contributed by atoms with Crippen molar-refractivity contribution in [1.82, 2.24) is 0 Å². The largest absolute Gasteiger partial charge is 0.289 e. The van der Waals surface area contributed by atoms with E-state index in [1.807, 2.05) is 6.08 Å². The summed E-state index contributed by atoms with van der Waals surface area (Å²) in [5.41, 5.74) is 0.964. The molecule has 1 aromatic carbocycles. The van der Waals surface area contributed by atoms with E-state index in [4.69, 9.17) is 0 Å². The first-order valence-corrected chi connectivity index (χ1v) is 6.79. The lowest BCUT2D eigenvalue weighted by Crippen LogP contribution is -2.08. The van der Waals surface area contributed by atoms with E-state index in [1.54, 1.807) is 0 Å². The Balaban J connectivity index is 2.30. The Morgan fingerprint density at radius 2 is 1.79 bits per heavy atom. The SMILES string of the molecule is Cc1cc(C(=O)/C2=C/CCCCCC2)c(F)cc1F. The van der Waals surface area contributed by atoms with Gasteiger partial charge < -0.3 is 0 Å². The number of hydrogen-bond acceptors (Lipinski definition) is 1. The smallest absolute Gasteiger partial charge is 0.191 e. The third kappa shape index (κ3) is 3.28. The Kier molecular flexibility index (Phi) is 4.46. The maximum absolute atomic E-state index is 13.7. The van der Waals surface area contributed by atoms with Crippen LogP contribution in [0.1, 0.15) is 54.4 Å². The Labute approximate surface area is 112 Å². The molecule has 0 spiro atoms. The van der Waals surface area contributed by atoms with Crippen LogP contribution in [0.2, 0.25) is 0 Å². The number of aryl methyl sites for hydroxylation is 1. The highest BCUT2D eigenvalue weighted by atomic mass is 19.1. The second-order valence-corrected chi connectivity index (χ2v) is 5.09. The zero-order valence-electron chi connectivity index (χ0n) is 11.1. The minimum Gasteiger partial charge on any atom is -0.289 e. The minimum atomic E-state index is -0.768. The van der Waals surface area contributed by atoms with Crippen molar-refractivity contribution in [2.24, 2.45) is 0 Å². The molecule has 0 aliphatic heterocycles. The number of rotatable bonds is 2. The summed E-state index contributed by atoms with van der Waals surface area (Å²) in [6.45, 7) is 1.54. The van der Waals surface area contributed by atoms with Crippen molar-refractivity contribution in [3.63, 3.8) is 0 Å². The highest BCUT2D eigenvalue weighted by Gasteiger charge is 2.18. The molecular formula is C16H18F2O. The maximum atomic E-state index is 13.7. The first-order chi connectivity index (χ1) is 9.09. The van der Waals surface area contributed by atoms with Crippen LogP contribution >= 0.6 is 0 Å². The third-order valence-corrected chi connectivity index (χ3v) is 3.58. The molecule has 0 atom stereocenters. The molecule has 19 heavy (non-hydrogen) atoms. The van der Waals surface area contributed by atoms with Crippen LogP contribution in [0, 0.1) is 18.6 Å². The van der Waals surface area contributed by atoms with Crippen LogP contribution in [0.25, 0.3) is 0 Å². The predicted octanol–water partition coefficient (Wildman–Crippen LogP) is 4.74. The number of carbonyl (C=O) groups is 1. The molecule has 102 valence electrons. The molecule has 0 heterocycles. The molecule has 0 N–H and O–H groups in total. The standard InChI is InChI=1S/C16H18F2O/c1-11-9-13(15(18)10-14(11)17)16(19)12-7-5-3-2-4-6-8-12/h7,9-10H,2-6,8H2,1H3/b12-7+. The quantitative estimate of drug-likeness (QED) is 0.705. The number of benzene rings is 1. The van der Waals surface area contributed by atoms with Gasteiger partial charge in [0.25, 0.3) is 0 Å². The highest BCUT2D eigenvalue weighted by Crippen LogP contribution is 2.23. The summed E-state index contributed by atoms with van der Waals surface area (Å²) in [5, 5.41) is 0. The average molecular weight is 264 g/mol. The van der Waals surface area contributed by atoms with Crippen molar-refractivity contribution in [2.75, 3.05) is 0 Å². The molecule has 0 bridgehead atoms. The van der Waals surface area contributed by atoms with Crippen molar-refractivity contribution in [2.45, 2.75) is 45.4 Å². The van der Waals surface area contributed by atoms with Gasteiger partial charge in [-0.1, -0.05) is 18.9 Å². The van der Waals surface area contributed by atoms with Gasteiger partial charge in [0, 0.05) is 6.07 Å². The van der Waals surface area contributed by atoms with Crippen LogP contribution in [0.5, 0.6) is 0 Å². The third-order valence-electron chi connectivity index (χ3n) is 3.58. The number of ketones is 1. The molecular weight excluding hydrogens is 246 g/mol. The fourth-order valence-electron chi connectivity index (χ4n) is 2.40. The van der Waals surface area contributed by atoms with Crippen LogP contribution in [-0.4, -0.2) is 5.78 Å². The molecule has 0 saturated carbocycles. The predicted molar refractivity (Wildman–Crippen MR) is 71.2 cm³/mol. The molecule has 0 fully saturated rings. The summed E-state index contributed by atoms with van der Waals surface area (Å²) in [6.07, 6.45) is 7.79. The Morgan fingerprint density at radius 3 is 2.58 bits per heavy atom. The summed E-state index contributed by atoms with van der Waals surface area (Å²) in [6, 6.07) is 2.11. The number of hydrogen-bond donors (Lipinski definition) is 0. The summed E-state index contributed by atoms with van der Waals surface area (Å²) in [7, 11) is 0. The van der Waals surface area contributed by atoms with E-state index < -0.39 is 11.6 Å². The fourth-order valence-corrected chi connectivity index (χ4v) is 2.40. The summed E-state index contributed by atoms with van der Waals surface area (Å²) >= 11 is 0. The van der Waals surface area contributed by atoms with Gasteiger partial charge in [-0.15, -0.1) is 0 Å². The normalized spacial score (nSPS) is 19.2. The van der Waals surface area contributed by atoms with Crippen molar-refractivity contribution in [1.29, 1.82) is 0 Å². The molecule has 0 saturated heterocycles. The maximum Gasteiger partial charge on any atom is 0.191 e. The Hall–Kier alpha value is -1.51. The van der Waals surface area contributed by atoms with Gasteiger partial charge in [-0.25, -0.2) is 8.78 Å². The van der Waals surface area contributed by atoms with Crippen LogP contribution in [-0.2, 0) is 0 Å². The van der Waals surface area contributed by atoms with E-state index >= 15 is 0 Å². The van der Waals surface area contributed by atoms with Crippen LogP contribution < -0.4 is 0 Å². The molecule has 1 aliphatic rings. The number of halogens is 2. The van der Waals surface area contributed by atoms with Crippen LogP contribution in [0.15, 0.2) is 23.8 Å². The number of allylic oxidation sites excluding steroid dienone is 2. The van der Waals surface area contributed by atoms with E-state index in [0.717, 1.165) is 31.7 Å². The second-order valence-electron chi connectivity index (χ2n) is 5.09. The van der Waals surface area contributed by atoms with Crippen LogP contribution in [0.4, 0.5) is 8.78 Å². The molecule has 1 nitrogen and oxygen atoms in total. The lowest BCUT2D eigenvalue weighted by molar-refractivity contribution is 0.102. The second kappa shape index (κ2) is 6.09. The molecule has 3 heteroatoms. The van der Waals surface area contributed by atoms with Crippen molar-refractivity contribution in [3.05, 3.63) is 46.5 Å². The van der Waals surface area contributed by atoms with Gasteiger partial charge in [0.2, 0.25) is 0 Å². The fraction of sp³-hybridized carbons (Fsp3) is 0.438. The zero-order chi connectivity index (χ0) is 13.8. The minimum absolute atomic E-state index is 0.00859. The topological polar surface area (TPSA) is 17.1 Å². The van der Waals surface area contributed by atoms with Gasteiger partial charge in [-0.05, 0) is 49.8 Å². The van der Waals surface area contributed by atoms with Crippen molar-refractivity contribution in [3.8, 4) is 0 Å². The van der Waals surface area contributed by atoms with Crippen LogP contribution in [0.3, 0.4) is 0 Å². The van der Waals surface area contributed by atoms with Gasteiger partial charge in [-0.2, -0.15) is 0 Å². The molecule has 1 aliphatic carbocycles. The molecule has 0 radical (unpaired) electrons. The first kappa shape index (κ1) is 13.9. The summed E-state index contributed by atoms with van der Waals surface area (Å²) in [5.74, 6) is -1.67. The Bertz CT molecular complexity index is 518. The van der Waals surface area contributed by atoms with E-state index in [2.05, 4.69) is 0 Å². The summed E-state index contributed by atoms with van der Waals surface area (Å²) in [4.78, 5) is 12.3. The monoisotopic (exact) mass is 264 g/mol. The molecule has 0 unspecified atom stereocenters. The summed E-state index contributed by atoms with van der Waals surface area (Å²) < 4.78 is 26.9. The van der Waals surface area contributed by atoms with E-state index in [9.17, 15) is 13.6 Å². The molecule has 0 aromatic heterocycles. The van der Waals surface area contributed by atoms with Gasteiger partial charge in [-0.3, -0.25) is 4.79 Å².